The van der Waals surface area contributed by atoms with Gasteiger partial charge in [0.05, 0.1) is 11.2 Å². The van der Waals surface area contributed by atoms with Crippen LogP contribution in [0.4, 0.5) is 11.5 Å². The molecule has 0 spiro atoms. The number of fused-ring (bicyclic) bond motifs is 1. The van der Waals surface area contributed by atoms with Crippen molar-refractivity contribution in [2.45, 2.75) is 11.8 Å². The van der Waals surface area contributed by atoms with Crippen molar-refractivity contribution in [1.82, 2.24) is 9.97 Å². The molecule has 7 nitrogen and oxygen atoms in total. The van der Waals surface area contributed by atoms with E-state index in [0.717, 1.165) is 11.1 Å². The van der Waals surface area contributed by atoms with E-state index in [4.69, 9.17) is 0 Å². The number of carbonyl (C=O) groups is 1. The lowest BCUT2D eigenvalue weighted by atomic mass is 10.1. The highest BCUT2D eigenvalue weighted by Gasteiger charge is 2.22. The van der Waals surface area contributed by atoms with Gasteiger partial charge in [0.25, 0.3) is 10.0 Å². The molecule has 3 aromatic rings. The molecule has 25 heavy (non-hydrogen) atoms. The number of hydrogen-bond donors (Lipinski definition) is 2. The number of imidazole rings is 1. The van der Waals surface area contributed by atoms with Crippen LogP contribution < -0.4 is 9.62 Å². The third-order valence-corrected chi connectivity index (χ3v) is 5.25. The van der Waals surface area contributed by atoms with Crippen LogP contribution in [0, 0.1) is 0 Å². The van der Waals surface area contributed by atoms with Crippen LogP contribution in [0.15, 0.2) is 47.6 Å². The number of aromatic nitrogens is 2. The number of H-pyrrole nitrogens is 1. The minimum atomic E-state index is -3.91. The number of nitrogens with zero attached hydrogens (tertiary/aromatic N) is 2. The Morgan fingerprint density at radius 2 is 1.80 bits per heavy atom. The normalized spacial score (nSPS) is 11.5. The molecule has 2 aromatic carbocycles. The fraction of sp³-hybridized carbons (Fsp3) is 0.176. The van der Waals surface area contributed by atoms with Crippen LogP contribution in [0.25, 0.3) is 10.8 Å². The number of aromatic amines is 1. The third-order valence-electron chi connectivity index (χ3n) is 3.85. The lowest BCUT2D eigenvalue weighted by Gasteiger charge is -2.17. The van der Waals surface area contributed by atoms with Crippen LogP contribution in [0.2, 0.25) is 0 Å². The van der Waals surface area contributed by atoms with Gasteiger partial charge in [-0.25, -0.2) is 13.4 Å². The number of nitrogens with one attached hydrogen (secondary N) is 2. The van der Waals surface area contributed by atoms with Gasteiger partial charge >= 0.3 is 0 Å². The maximum absolute atomic E-state index is 12.9. The van der Waals surface area contributed by atoms with E-state index in [0.29, 0.717) is 5.39 Å². The minimum Gasteiger partial charge on any atom is -0.377 e. The van der Waals surface area contributed by atoms with E-state index in [9.17, 15) is 13.2 Å². The summed E-state index contributed by atoms with van der Waals surface area (Å²) in [6.45, 7) is 1.34. The fourth-order valence-electron chi connectivity index (χ4n) is 2.71. The van der Waals surface area contributed by atoms with Gasteiger partial charge in [0, 0.05) is 37.5 Å². The van der Waals surface area contributed by atoms with Crippen LogP contribution >= 0.6 is 0 Å². The number of Topliss-reactive ketones (excluding diaryl/α,β-unsaturated/α-hetero) is 1. The summed E-state index contributed by atoms with van der Waals surface area (Å²) in [6, 6.07) is 10.6. The van der Waals surface area contributed by atoms with Gasteiger partial charge in [0.15, 0.2) is 11.6 Å². The van der Waals surface area contributed by atoms with E-state index in [1.54, 1.807) is 12.1 Å². The first-order valence-electron chi connectivity index (χ1n) is 7.57. The molecule has 0 bridgehead atoms. The van der Waals surface area contributed by atoms with Gasteiger partial charge in [0.2, 0.25) is 0 Å². The van der Waals surface area contributed by atoms with Gasteiger partial charge in [-0.05, 0) is 12.1 Å². The topological polar surface area (TPSA) is 95.2 Å². The van der Waals surface area contributed by atoms with Crippen molar-refractivity contribution in [2.75, 3.05) is 23.7 Å². The average Bonchev–Trinajstić information content (AvgIpc) is 3.01. The van der Waals surface area contributed by atoms with Crippen LogP contribution in [-0.2, 0) is 10.0 Å². The molecule has 0 amide bonds. The third kappa shape index (κ3) is 3.08. The maximum atomic E-state index is 12.9. The molecule has 1 aromatic heterocycles. The van der Waals surface area contributed by atoms with Crippen molar-refractivity contribution in [3.63, 3.8) is 0 Å². The van der Waals surface area contributed by atoms with E-state index in [1.807, 2.05) is 37.2 Å². The monoisotopic (exact) mass is 358 g/mol. The molecule has 2 N–H and O–H groups in total. The smallest absolute Gasteiger partial charge is 0.263 e. The molecule has 0 saturated heterocycles. The number of anilines is 2. The fourth-order valence-corrected chi connectivity index (χ4v) is 3.96. The van der Waals surface area contributed by atoms with E-state index < -0.39 is 10.0 Å². The molecule has 1 heterocycles. The summed E-state index contributed by atoms with van der Waals surface area (Å²) in [5.74, 6) is -0.309. The highest BCUT2D eigenvalue weighted by molar-refractivity contribution is 7.93. The maximum Gasteiger partial charge on any atom is 0.263 e. The van der Waals surface area contributed by atoms with E-state index in [2.05, 4.69) is 14.7 Å². The molecular weight excluding hydrogens is 340 g/mol. The highest BCUT2D eigenvalue weighted by atomic mass is 32.2. The van der Waals surface area contributed by atoms with Crippen molar-refractivity contribution >= 4 is 38.1 Å². The zero-order valence-corrected chi connectivity index (χ0v) is 14.9. The Kier molecular flexibility index (Phi) is 4.22. The zero-order chi connectivity index (χ0) is 18.2. The SMILES string of the molecule is CC(=O)c1[nH]cnc1NS(=O)(=O)c1cccc2c(N(C)C)cccc12. The molecule has 0 atom stereocenters. The molecule has 130 valence electrons. The summed E-state index contributed by atoms with van der Waals surface area (Å²) in [7, 11) is -0.112. The van der Waals surface area contributed by atoms with Gasteiger partial charge in [-0.2, -0.15) is 0 Å². The van der Waals surface area contributed by atoms with E-state index >= 15 is 0 Å². The number of carbonyl (C=O) groups excluding carboxylic acids is 1. The summed E-state index contributed by atoms with van der Waals surface area (Å²) in [5, 5.41) is 1.42. The first kappa shape index (κ1) is 17.0. The van der Waals surface area contributed by atoms with Crippen molar-refractivity contribution in [1.29, 1.82) is 0 Å². The van der Waals surface area contributed by atoms with Crippen LogP contribution in [0.1, 0.15) is 17.4 Å². The number of hydrogen-bond acceptors (Lipinski definition) is 5. The first-order chi connectivity index (χ1) is 11.8. The Hall–Kier alpha value is -2.87. The minimum absolute atomic E-state index is 0.00623. The summed E-state index contributed by atoms with van der Waals surface area (Å²) in [5.41, 5.74) is 1.04. The predicted molar refractivity (Wildman–Crippen MR) is 97.7 cm³/mol. The summed E-state index contributed by atoms with van der Waals surface area (Å²) in [4.78, 5) is 20.2. The number of ketones is 1. The van der Waals surface area contributed by atoms with Crippen molar-refractivity contribution in [3.8, 4) is 0 Å². The molecular formula is C17H18N4O3S. The van der Waals surface area contributed by atoms with Crippen molar-refractivity contribution in [2.24, 2.45) is 0 Å². The second kappa shape index (κ2) is 6.21. The van der Waals surface area contributed by atoms with Gasteiger partial charge in [0.1, 0.15) is 5.69 Å². The van der Waals surface area contributed by atoms with Crippen LogP contribution in [0.5, 0.6) is 0 Å². The lowest BCUT2D eigenvalue weighted by Crippen LogP contribution is -2.16. The van der Waals surface area contributed by atoms with Crippen molar-refractivity contribution < 1.29 is 13.2 Å². The average molecular weight is 358 g/mol. The molecule has 0 aliphatic rings. The quantitative estimate of drug-likeness (QED) is 0.684. The lowest BCUT2D eigenvalue weighted by molar-refractivity contribution is 0.101. The Bertz CT molecular complexity index is 1050. The van der Waals surface area contributed by atoms with Gasteiger partial charge in [-0.15, -0.1) is 0 Å². The molecule has 3 rings (SSSR count). The largest absolute Gasteiger partial charge is 0.377 e. The summed E-state index contributed by atoms with van der Waals surface area (Å²) in [6.07, 6.45) is 1.28. The molecule has 0 aliphatic heterocycles. The molecule has 0 saturated carbocycles. The summed E-state index contributed by atoms with van der Waals surface area (Å²) < 4.78 is 28.2. The van der Waals surface area contributed by atoms with Gasteiger partial charge < -0.3 is 9.88 Å². The van der Waals surface area contributed by atoms with Crippen LogP contribution in [-0.4, -0.2) is 38.3 Å². The number of benzene rings is 2. The summed E-state index contributed by atoms with van der Waals surface area (Å²) >= 11 is 0. The zero-order valence-electron chi connectivity index (χ0n) is 14.1. The van der Waals surface area contributed by atoms with Crippen LogP contribution in [0.3, 0.4) is 0 Å². The van der Waals surface area contributed by atoms with Gasteiger partial charge in [-0.3, -0.25) is 9.52 Å². The predicted octanol–water partition coefficient (Wildman–Crippen LogP) is 2.63. The standard InChI is InChI=1S/C17H18N4O3S/c1-11(22)16-17(19-10-18-16)20-25(23,24)15-9-5-6-12-13(15)7-4-8-14(12)21(2)3/h4-10,20H,1-3H3,(H,18,19). The molecule has 0 radical (unpaired) electrons. The Labute approximate surface area is 145 Å². The Balaban J connectivity index is 2.13. The number of sulfonamides is 1. The molecule has 0 unspecified atom stereocenters. The first-order valence-corrected chi connectivity index (χ1v) is 9.06. The highest BCUT2D eigenvalue weighted by Crippen LogP contribution is 2.31. The Morgan fingerprint density at radius 3 is 2.48 bits per heavy atom. The molecule has 8 heteroatoms. The number of rotatable bonds is 5. The van der Waals surface area contributed by atoms with E-state index in [-0.39, 0.29) is 22.2 Å². The molecule has 0 aliphatic carbocycles. The van der Waals surface area contributed by atoms with Crippen molar-refractivity contribution in [3.05, 3.63) is 48.4 Å². The second-order valence-corrected chi connectivity index (χ2v) is 7.46. The second-order valence-electron chi connectivity index (χ2n) is 5.81. The molecule has 0 fully saturated rings. The Morgan fingerprint density at radius 1 is 1.12 bits per heavy atom. The van der Waals surface area contributed by atoms with Gasteiger partial charge in [-0.1, -0.05) is 24.3 Å². The van der Waals surface area contributed by atoms with E-state index in [1.165, 1.54) is 19.3 Å².